The molecule has 0 saturated heterocycles. The lowest BCUT2D eigenvalue weighted by atomic mass is 9.90. The van der Waals surface area contributed by atoms with Crippen molar-refractivity contribution in [3.63, 3.8) is 0 Å². The van der Waals surface area contributed by atoms with Crippen molar-refractivity contribution in [2.75, 3.05) is 0 Å². The van der Waals surface area contributed by atoms with Gasteiger partial charge in [0.2, 0.25) is 5.78 Å². The van der Waals surface area contributed by atoms with Crippen LogP contribution >= 0.6 is 0 Å². The first kappa shape index (κ1) is 9.10. The third-order valence-electron chi connectivity index (χ3n) is 2.23. The first-order chi connectivity index (χ1) is 5.63. The Morgan fingerprint density at radius 1 is 1.08 bits per heavy atom. The van der Waals surface area contributed by atoms with E-state index in [1.54, 1.807) is 0 Å². The van der Waals surface area contributed by atoms with Gasteiger partial charge in [-0.15, -0.1) is 0 Å². The van der Waals surface area contributed by atoms with E-state index in [-0.39, 0.29) is 11.6 Å². The Morgan fingerprint density at radius 2 is 1.67 bits per heavy atom. The molecule has 12 heavy (non-hydrogen) atoms. The average Bonchev–Trinajstić information content (AvgIpc) is 2.07. The predicted octanol–water partition coefficient (Wildman–Crippen LogP) is 0.904. The summed E-state index contributed by atoms with van der Waals surface area (Å²) in [6.07, 6.45) is 2.17. The van der Waals surface area contributed by atoms with Crippen LogP contribution in [0.4, 0.5) is 0 Å². The van der Waals surface area contributed by atoms with Gasteiger partial charge in [-0.3, -0.25) is 14.4 Å². The first-order valence-electron chi connectivity index (χ1n) is 4.22. The molecule has 0 bridgehead atoms. The molecule has 0 amide bonds. The number of rotatable bonds is 0. The van der Waals surface area contributed by atoms with E-state index < -0.39 is 11.7 Å². The minimum Gasteiger partial charge on any atom is -0.299 e. The van der Waals surface area contributed by atoms with Gasteiger partial charge in [-0.2, -0.15) is 0 Å². The van der Waals surface area contributed by atoms with Gasteiger partial charge in [0.05, 0.1) is 5.92 Å². The van der Waals surface area contributed by atoms with Crippen molar-refractivity contribution in [2.24, 2.45) is 5.92 Å². The Balaban J connectivity index is 2.75. The van der Waals surface area contributed by atoms with Crippen molar-refractivity contribution in [2.45, 2.75) is 32.6 Å². The fourth-order valence-electron chi connectivity index (χ4n) is 1.31. The molecule has 0 aliphatic heterocycles. The third-order valence-corrected chi connectivity index (χ3v) is 2.23. The summed E-state index contributed by atoms with van der Waals surface area (Å²) in [6.45, 7) is 1.52. The van der Waals surface area contributed by atoms with Crippen molar-refractivity contribution >= 4 is 17.3 Å². The number of hydrogen-bond acceptors (Lipinski definition) is 3. The van der Waals surface area contributed by atoms with E-state index >= 15 is 0 Å². The monoisotopic (exact) mass is 168 g/mol. The van der Waals surface area contributed by atoms with Gasteiger partial charge in [0.25, 0.3) is 0 Å². The molecule has 1 atom stereocenters. The summed E-state index contributed by atoms with van der Waals surface area (Å²) < 4.78 is 0. The van der Waals surface area contributed by atoms with Gasteiger partial charge in [0.1, 0.15) is 5.78 Å². The summed E-state index contributed by atoms with van der Waals surface area (Å²) in [5.74, 6) is -1.67. The highest BCUT2D eigenvalue weighted by Gasteiger charge is 2.28. The second-order valence-corrected chi connectivity index (χ2v) is 3.18. The third kappa shape index (κ3) is 1.78. The van der Waals surface area contributed by atoms with Crippen LogP contribution in [-0.2, 0) is 14.4 Å². The molecule has 3 nitrogen and oxygen atoms in total. The lowest BCUT2D eigenvalue weighted by Crippen LogP contribution is -2.29. The van der Waals surface area contributed by atoms with E-state index in [0.29, 0.717) is 19.3 Å². The summed E-state index contributed by atoms with van der Waals surface area (Å²) in [6, 6.07) is 0. The average molecular weight is 168 g/mol. The number of hydrogen-bond donors (Lipinski definition) is 0. The molecule has 0 aromatic carbocycles. The van der Waals surface area contributed by atoms with Gasteiger partial charge in [0.15, 0.2) is 5.78 Å². The number of Topliss-reactive ketones (excluding diaryl/α,β-unsaturated/α-hetero) is 3. The molecule has 0 spiro atoms. The molecule has 0 aromatic rings. The van der Waals surface area contributed by atoms with E-state index in [9.17, 15) is 14.4 Å². The van der Waals surface area contributed by atoms with Crippen molar-refractivity contribution in [3.05, 3.63) is 0 Å². The van der Waals surface area contributed by atoms with Crippen molar-refractivity contribution < 1.29 is 14.4 Å². The van der Waals surface area contributed by atoms with Crippen molar-refractivity contribution in [1.29, 1.82) is 0 Å². The topological polar surface area (TPSA) is 51.2 Å². The molecule has 1 unspecified atom stereocenters. The Labute approximate surface area is 71.1 Å². The summed E-state index contributed by atoms with van der Waals surface area (Å²) in [4.78, 5) is 33.3. The van der Waals surface area contributed by atoms with E-state index in [1.165, 1.54) is 6.92 Å². The SMILES string of the molecule is CC1C(=O)CCCCC(=O)C1=O. The zero-order chi connectivity index (χ0) is 9.14. The highest BCUT2D eigenvalue weighted by Crippen LogP contribution is 2.13. The molecular weight excluding hydrogens is 156 g/mol. The molecule has 0 heterocycles. The zero-order valence-corrected chi connectivity index (χ0v) is 7.13. The summed E-state index contributed by atoms with van der Waals surface area (Å²) in [5.41, 5.74) is 0. The largest absolute Gasteiger partial charge is 0.299 e. The summed E-state index contributed by atoms with van der Waals surface area (Å²) in [7, 11) is 0. The van der Waals surface area contributed by atoms with Gasteiger partial charge in [0, 0.05) is 12.8 Å². The summed E-state index contributed by atoms with van der Waals surface area (Å²) in [5, 5.41) is 0. The van der Waals surface area contributed by atoms with Crippen LogP contribution < -0.4 is 0 Å². The number of carbonyl (C=O) groups is 3. The fourth-order valence-corrected chi connectivity index (χ4v) is 1.31. The Kier molecular flexibility index (Phi) is 2.74. The number of ketones is 3. The Hall–Kier alpha value is -0.990. The minimum absolute atomic E-state index is 0.0898. The minimum atomic E-state index is -0.696. The molecule has 1 fully saturated rings. The zero-order valence-electron chi connectivity index (χ0n) is 7.13. The van der Waals surface area contributed by atoms with Crippen molar-refractivity contribution in [3.8, 4) is 0 Å². The van der Waals surface area contributed by atoms with Crippen LogP contribution in [0.2, 0.25) is 0 Å². The molecule has 0 aromatic heterocycles. The summed E-state index contributed by atoms with van der Waals surface area (Å²) >= 11 is 0. The number of carbonyl (C=O) groups excluding carboxylic acids is 3. The first-order valence-corrected chi connectivity index (χ1v) is 4.22. The Morgan fingerprint density at radius 3 is 2.33 bits per heavy atom. The van der Waals surface area contributed by atoms with Crippen LogP contribution in [0.1, 0.15) is 32.6 Å². The van der Waals surface area contributed by atoms with Gasteiger partial charge >= 0.3 is 0 Å². The van der Waals surface area contributed by atoms with E-state index in [1.807, 2.05) is 0 Å². The second kappa shape index (κ2) is 3.61. The molecular formula is C9H12O3. The van der Waals surface area contributed by atoms with Crippen LogP contribution in [0.3, 0.4) is 0 Å². The molecule has 3 heteroatoms. The van der Waals surface area contributed by atoms with Gasteiger partial charge < -0.3 is 0 Å². The van der Waals surface area contributed by atoms with E-state index in [4.69, 9.17) is 0 Å². The van der Waals surface area contributed by atoms with Crippen LogP contribution in [0, 0.1) is 5.92 Å². The van der Waals surface area contributed by atoms with Crippen LogP contribution in [0.15, 0.2) is 0 Å². The maximum Gasteiger partial charge on any atom is 0.208 e. The normalized spacial score (nSPS) is 26.8. The smallest absolute Gasteiger partial charge is 0.208 e. The predicted molar refractivity (Wildman–Crippen MR) is 42.7 cm³/mol. The lowest BCUT2D eigenvalue weighted by Gasteiger charge is -2.11. The molecule has 0 N–H and O–H groups in total. The highest BCUT2D eigenvalue weighted by molar-refractivity contribution is 6.41. The molecule has 0 radical (unpaired) electrons. The van der Waals surface area contributed by atoms with Gasteiger partial charge in [-0.25, -0.2) is 0 Å². The quantitative estimate of drug-likeness (QED) is 0.399. The van der Waals surface area contributed by atoms with Crippen LogP contribution in [0.25, 0.3) is 0 Å². The maximum absolute atomic E-state index is 11.1. The van der Waals surface area contributed by atoms with Gasteiger partial charge in [-0.05, 0) is 19.8 Å². The van der Waals surface area contributed by atoms with E-state index in [0.717, 1.165) is 6.42 Å². The maximum atomic E-state index is 11.1. The standard InChI is InChI=1S/C9H12O3/c1-6-7(10)4-2-3-5-8(11)9(6)12/h6H,2-5H2,1H3. The lowest BCUT2D eigenvalue weighted by molar-refractivity contribution is -0.142. The molecule has 1 rings (SSSR count). The van der Waals surface area contributed by atoms with Crippen LogP contribution in [-0.4, -0.2) is 17.3 Å². The molecule has 1 aliphatic rings. The van der Waals surface area contributed by atoms with Crippen LogP contribution in [0.5, 0.6) is 0 Å². The van der Waals surface area contributed by atoms with Crippen molar-refractivity contribution in [1.82, 2.24) is 0 Å². The molecule has 1 aliphatic carbocycles. The Bertz CT molecular complexity index is 230. The second-order valence-electron chi connectivity index (χ2n) is 3.18. The molecule has 1 saturated carbocycles. The highest BCUT2D eigenvalue weighted by atomic mass is 16.2. The van der Waals surface area contributed by atoms with Gasteiger partial charge in [-0.1, -0.05) is 0 Å². The van der Waals surface area contributed by atoms with E-state index in [2.05, 4.69) is 0 Å². The molecule has 66 valence electrons. The fraction of sp³-hybridized carbons (Fsp3) is 0.667.